The van der Waals surface area contributed by atoms with E-state index in [-0.39, 0.29) is 5.41 Å². The summed E-state index contributed by atoms with van der Waals surface area (Å²) >= 11 is 0. The Bertz CT molecular complexity index is 960. The van der Waals surface area contributed by atoms with Crippen molar-refractivity contribution in [1.29, 1.82) is 0 Å². The molecular formula is C29H36O4. The molecule has 33 heavy (non-hydrogen) atoms. The molecule has 0 heterocycles. The van der Waals surface area contributed by atoms with Crippen molar-refractivity contribution in [3.8, 4) is 11.5 Å². The lowest BCUT2D eigenvalue weighted by molar-refractivity contribution is -0.231. The van der Waals surface area contributed by atoms with Crippen LogP contribution in [0.2, 0.25) is 0 Å². The first-order valence-electron chi connectivity index (χ1n) is 12.5. The lowest BCUT2D eigenvalue weighted by Gasteiger charge is -2.57. The maximum absolute atomic E-state index is 10.0. The van der Waals surface area contributed by atoms with E-state index >= 15 is 0 Å². The number of hydrogen-bond acceptors (Lipinski definition) is 4. The number of benzene rings is 2. The number of hydrogen-bond donors (Lipinski definition) is 1. The molecule has 176 valence electrons. The quantitative estimate of drug-likeness (QED) is 0.447. The van der Waals surface area contributed by atoms with Crippen molar-refractivity contribution in [2.75, 3.05) is 13.7 Å². The number of phenolic OH excluding ortho intramolecular Hbond substituents is 1. The van der Waals surface area contributed by atoms with E-state index in [2.05, 4.69) is 24.3 Å². The van der Waals surface area contributed by atoms with Crippen LogP contribution in [0.4, 0.5) is 0 Å². The Hall–Kier alpha value is -2.30. The minimum absolute atomic E-state index is 0.214. The largest absolute Gasteiger partial charge is 0.507 e. The summed E-state index contributed by atoms with van der Waals surface area (Å²) in [6, 6.07) is 14.1. The van der Waals surface area contributed by atoms with E-state index in [1.165, 1.54) is 49.7 Å². The van der Waals surface area contributed by atoms with E-state index < -0.39 is 6.48 Å². The molecule has 0 aromatic heterocycles. The van der Waals surface area contributed by atoms with Crippen molar-refractivity contribution in [3.05, 3.63) is 65.2 Å². The summed E-state index contributed by atoms with van der Waals surface area (Å²) in [5.74, 6) is 3.80. The van der Waals surface area contributed by atoms with Gasteiger partial charge in [-0.2, -0.15) is 0 Å². The molecule has 4 aliphatic carbocycles. The Balaban J connectivity index is 1.44. The van der Waals surface area contributed by atoms with Crippen LogP contribution in [0, 0.1) is 17.8 Å². The van der Waals surface area contributed by atoms with Gasteiger partial charge in [0.1, 0.15) is 11.5 Å². The fraction of sp³-hybridized carbons (Fsp3) is 0.517. The first-order chi connectivity index (χ1) is 16.1. The lowest BCUT2D eigenvalue weighted by atomic mass is 9.48. The normalized spacial score (nSPS) is 29.0. The zero-order chi connectivity index (χ0) is 22.8. The zero-order valence-corrected chi connectivity index (χ0v) is 19.8. The third kappa shape index (κ3) is 4.69. The maximum atomic E-state index is 10.0. The van der Waals surface area contributed by atoms with Crippen molar-refractivity contribution in [1.82, 2.24) is 0 Å². The number of para-hydroxylation sites is 1. The molecular weight excluding hydrogens is 412 g/mol. The van der Waals surface area contributed by atoms with Gasteiger partial charge in [-0.25, -0.2) is 0 Å². The van der Waals surface area contributed by atoms with E-state index in [0.717, 1.165) is 35.5 Å². The molecule has 0 amide bonds. The van der Waals surface area contributed by atoms with E-state index in [9.17, 15) is 5.11 Å². The highest BCUT2D eigenvalue weighted by Crippen LogP contribution is 2.62. The monoisotopic (exact) mass is 448 g/mol. The highest BCUT2D eigenvalue weighted by molar-refractivity contribution is 5.57. The fourth-order valence-corrected chi connectivity index (χ4v) is 7.00. The van der Waals surface area contributed by atoms with Gasteiger partial charge in [0.15, 0.2) is 0 Å². The predicted octanol–water partition coefficient (Wildman–Crippen LogP) is 6.46. The number of methoxy groups -OCH3 is 1. The summed E-state index contributed by atoms with van der Waals surface area (Å²) in [6.07, 6.45) is 13.0. The van der Waals surface area contributed by atoms with Gasteiger partial charge in [0.25, 0.3) is 0 Å². The van der Waals surface area contributed by atoms with Gasteiger partial charge >= 0.3 is 6.48 Å². The molecule has 0 saturated heterocycles. The number of allylic oxidation sites excluding steroid dienone is 1. The fourth-order valence-electron chi connectivity index (χ4n) is 7.00. The van der Waals surface area contributed by atoms with E-state index in [1.54, 1.807) is 13.2 Å². The van der Waals surface area contributed by atoms with Crippen LogP contribution in [0.25, 0.3) is 6.08 Å². The molecule has 1 unspecified atom stereocenters. The summed E-state index contributed by atoms with van der Waals surface area (Å²) in [5, 5.41) is 10.0. The van der Waals surface area contributed by atoms with Crippen molar-refractivity contribution >= 4 is 6.08 Å². The third-order valence-corrected chi connectivity index (χ3v) is 7.96. The van der Waals surface area contributed by atoms with Gasteiger partial charge < -0.3 is 19.3 Å². The number of aromatic hydroxyl groups is 1. The third-order valence-electron chi connectivity index (χ3n) is 7.96. The predicted molar refractivity (Wildman–Crippen MR) is 130 cm³/mol. The van der Waals surface area contributed by atoms with Crippen LogP contribution in [0.5, 0.6) is 11.5 Å². The molecule has 1 N–H and O–H groups in total. The molecule has 2 aromatic rings. The topological polar surface area (TPSA) is 47.9 Å². The molecule has 4 nitrogen and oxygen atoms in total. The molecule has 0 aliphatic heterocycles. The molecule has 1 atom stereocenters. The number of ether oxygens (including phenoxy) is 3. The smallest absolute Gasteiger partial charge is 0.315 e. The number of phenols is 1. The Morgan fingerprint density at radius 2 is 1.73 bits per heavy atom. The molecule has 2 aromatic carbocycles. The minimum Gasteiger partial charge on any atom is -0.507 e. The van der Waals surface area contributed by atoms with Crippen LogP contribution in [-0.4, -0.2) is 25.3 Å². The SMILES string of the molecule is CCOC(OC)Oc1ccc(CC=Cc2ccccc2O)cc1C12CC3CC(CC(C3)C1)C2. The molecule has 4 heteroatoms. The standard InChI is InChI=1S/C29H36O4/c1-3-32-28(31-2)33-27-12-11-20(7-6-9-24-8-4-5-10-26(24)30)16-25(27)29-17-21-13-22(18-29)15-23(14-21)19-29/h4-6,8-12,16,21-23,28,30H,3,7,13-15,17-19H2,1-2H3. The summed E-state index contributed by atoms with van der Waals surface area (Å²) in [7, 11) is 1.63. The molecule has 0 radical (unpaired) electrons. The van der Waals surface area contributed by atoms with Gasteiger partial charge in [0.2, 0.25) is 0 Å². The Labute approximate surface area is 197 Å². The van der Waals surface area contributed by atoms with Gasteiger partial charge in [0, 0.05) is 18.2 Å². The van der Waals surface area contributed by atoms with Crippen LogP contribution >= 0.6 is 0 Å². The Morgan fingerprint density at radius 1 is 1.03 bits per heavy atom. The second kappa shape index (κ2) is 9.52. The maximum Gasteiger partial charge on any atom is 0.315 e. The van der Waals surface area contributed by atoms with Gasteiger partial charge in [-0.15, -0.1) is 0 Å². The first-order valence-corrected chi connectivity index (χ1v) is 12.5. The molecule has 4 aliphatic rings. The van der Waals surface area contributed by atoms with Gasteiger partial charge in [0.05, 0.1) is 6.61 Å². The van der Waals surface area contributed by atoms with Crippen molar-refractivity contribution in [2.24, 2.45) is 17.8 Å². The summed E-state index contributed by atoms with van der Waals surface area (Å²) in [4.78, 5) is 0. The van der Waals surface area contributed by atoms with Crippen molar-refractivity contribution in [3.63, 3.8) is 0 Å². The summed E-state index contributed by atoms with van der Waals surface area (Å²) in [6.45, 7) is 1.81. The lowest BCUT2D eigenvalue weighted by Crippen LogP contribution is -2.48. The van der Waals surface area contributed by atoms with E-state index in [4.69, 9.17) is 14.2 Å². The van der Waals surface area contributed by atoms with Crippen LogP contribution < -0.4 is 4.74 Å². The van der Waals surface area contributed by atoms with Crippen LogP contribution in [-0.2, 0) is 21.3 Å². The number of rotatable bonds is 9. The van der Waals surface area contributed by atoms with E-state index in [0.29, 0.717) is 12.4 Å². The van der Waals surface area contributed by atoms with Gasteiger partial charge in [-0.1, -0.05) is 42.5 Å². The second-order valence-electron chi connectivity index (χ2n) is 10.3. The van der Waals surface area contributed by atoms with Crippen LogP contribution in [0.1, 0.15) is 62.1 Å². The second-order valence-corrected chi connectivity index (χ2v) is 10.3. The molecule has 6 rings (SSSR count). The summed E-state index contributed by atoms with van der Waals surface area (Å²) < 4.78 is 17.4. The molecule has 4 fully saturated rings. The molecule has 4 saturated carbocycles. The van der Waals surface area contributed by atoms with Crippen molar-refractivity contribution in [2.45, 2.75) is 63.8 Å². The van der Waals surface area contributed by atoms with Crippen LogP contribution in [0.15, 0.2) is 48.5 Å². The summed E-state index contributed by atoms with van der Waals surface area (Å²) in [5.41, 5.74) is 3.67. The first kappa shape index (κ1) is 22.5. The minimum atomic E-state index is -0.686. The Kier molecular flexibility index (Phi) is 6.49. The highest BCUT2D eigenvalue weighted by atomic mass is 16.8. The van der Waals surface area contributed by atoms with Gasteiger partial charge in [-0.3, -0.25) is 0 Å². The average Bonchev–Trinajstić information content (AvgIpc) is 2.80. The van der Waals surface area contributed by atoms with E-state index in [1.807, 2.05) is 31.2 Å². The molecule has 0 spiro atoms. The van der Waals surface area contributed by atoms with Crippen molar-refractivity contribution < 1.29 is 19.3 Å². The Morgan fingerprint density at radius 3 is 2.36 bits per heavy atom. The highest BCUT2D eigenvalue weighted by Gasteiger charge is 2.52. The van der Waals surface area contributed by atoms with Gasteiger partial charge in [-0.05, 0) is 92.7 Å². The molecule has 4 bridgehead atoms. The average molecular weight is 449 g/mol. The van der Waals surface area contributed by atoms with Crippen LogP contribution in [0.3, 0.4) is 0 Å². The zero-order valence-electron chi connectivity index (χ0n) is 19.8.